The molecule has 0 amide bonds. The summed E-state index contributed by atoms with van der Waals surface area (Å²) in [6.45, 7) is 1.64. The molecule has 0 bridgehead atoms. The van der Waals surface area contributed by atoms with Crippen molar-refractivity contribution in [1.29, 1.82) is 0 Å². The topological polar surface area (TPSA) is 67.7 Å². The number of β-amino-alcohol motifs (C(OH)–C–C–N with tert-alkyl or cyclic N) is 1. The first-order chi connectivity index (χ1) is 10.6. The molecule has 0 saturated carbocycles. The van der Waals surface area contributed by atoms with Crippen LogP contribution in [0.4, 0.5) is 0 Å². The minimum atomic E-state index is -0.654. The number of aliphatic hydroxyl groups excluding tert-OH is 1. The lowest BCUT2D eigenvalue weighted by molar-refractivity contribution is 0.0836. The van der Waals surface area contributed by atoms with Gasteiger partial charge in [-0.3, -0.25) is 4.90 Å². The highest BCUT2D eigenvalue weighted by atomic mass is 35.5. The van der Waals surface area contributed by atoms with Crippen molar-refractivity contribution in [3.05, 3.63) is 33.3 Å². The SMILES string of the molecule is COc1ccc(OC)c2c1CN(Cc1nnsc1Cl)C[C@@H]2O. The monoisotopic (exact) mass is 341 g/mol. The standard InChI is InChI=1S/C14H16ClN3O3S/c1-20-11-3-4-12(21-2)13-8(11)5-18(7-10(13)19)6-9-14(15)22-17-16-9/h3-4,10,19H,5-7H2,1-2H3/t10-/m0/s1. The second kappa shape index (κ2) is 6.37. The Labute approximate surface area is 137 Å². The first-order valence-corrected chi connectivity index (χ1v) is 7.90. The molecule has 0 fully saturated rings. The van der Waals surface area contributed by atoms with Gasteiger partial charge in [0.15, 0.2) is 0 Å². The van der Waals surface area contributed by atoms with Crippen LogP contribution in [0.1, 0.15) is 22.9 Å². The van der Waals surface area contributed by atoms with Gasteiger partial charge in [-0.05, 0) is 12.1 Å². The number of methoxy groups -OCH3 is 2. The number of aliphatic hydroxyl groups is 1. The van der Waals surface area contributed by atoms with E-state index in [1.807, 2.05) is 12.1 Å². The molecule has 0 saturated heterocycles. The molecule has 22 heavy (non-hydrogen) atoms. The molecule has 1 aromatic heterocycles. The number of hydrogen-bond donors (Lipinski definition) is 1. The number of halogens is 1. The third-order valence-electron chi connectivity index (χ3n) is 3.74. The smallest absolute Gasteiger partial charge is 0.138 e. The van der Waals surface area contributed by atoms with Crippen molar-refractivity contribution in [3.8, 4) is 11.5 Å². The molecule has 0 radical (unpaired) electrons. The maximum atomic E-state index is 10.5. The summed E-state index contributed by atoms with van der Waals surface area (Å²) in [6.07, 6.45) is -0.654. The number of ether oxygens (including phenoxy) is 2. The van der Waals surface area contributed by atoms with E-state index in [1.54, 1.807) is 14.2 Å². The average molecular weight is 342 g/mol. The number of aromatic nitrogens is 2. The number of fused-ring (bicyclic) bond motifs is 1. The van der Waals surface area contributed by atoms with Crippen LogP contribution in [-0.2, 0) is 13.1 Å². The fourth-order valence-corrected chi connectivity index (χ4v) is 3.38. The van der Waals surface area contributed by atoms with Crippen LogP contribution in [0.15, 0.2) is 12.1 Å². The molecule has 118 valence electrons. The quantitative estimate of drug-likeness (QED) is 0.920. The van der Waals surface area contributed by atoms with Crippen LogP contribution in [-0.4, -0.2) is 40.4 Å². The van der Waals surface area contributed by atoms with Crippen LogP contribution in [0, 0.1) is 0 Å². The van der Waals surface area contributed by atoms with Gasteiger partial charge >= 0.3 is 0 Å². The Morgan fingerprint density at radius 2 is 2.09 bits per heavy atom. The Morgan fingerprint density at radius 3 is 2.73 bits per heavy atom. The molecule has 0 unspecified atom stereocenters. The van der Waals surface area contributed by atoms with Gasteiger partial charge in [0, 0.05) is 42.3 Å². The molecule has 1 atom stereocenters. The van der Waals surface area contributed by atoms with Gasteiger partial charge in [0.25, 0.3) is 0 Å². The fraction of sp³-hybridized carbons (Fsp3) is 0.429. The maximum Gasteiger partial charge on any atom is 0.138 e. The van der Waals surface area contributed by atoms with E-state index in [4.69, 9.17) is 21.1 Å². The molecule has 6 nitrogen and oxygen atoms in total. The predicted molar refractivity (Wildman–Crippen MR) is 83.5 cm³/mol. The molecule has 0 aliphatic carbocycles. The van der Waals surface area contributed by atoms with Gasteiger partial charge in [-0.25, -0.2) is 0 Å². The number of nitrogens with zero attached hydrogens (tertiary/aromatic N) is 3. The molecular formula is C14H16ClN3O3S. The minimum Gasteiger partial charge on any atom is -0.496 e. The first-order valence-electron chi connectivity index (χ1n) is 6.75. The van der Waals surface area contributed by atoms with Crippen LogP contribution >= 0.6 is 23.1 Å². The highest BCUT2D eigenvalue weighted by molar-refractivity contribution is 7.10. The summed E-state index contributed by atoms with van der Waals surface area (Å²) in [5.41, 5.74) is 2.45. The van der Waals surface area contributed by atoms with Gasteiger partial charge in [0.2, 0.25) is 0 Å². The van der Waals surface area contributed by atoms with Crippen LogP contribution in [0.3, 0.4) is 0 Å². The van der Waals surface area contributed by atoms with Crippen LogP contribution in [0.5, 0.6) is 11.5 Å². The normalized spacial score (nSPS) is 18.1. The van der Waals surface area contributed by atoms with E-state index in [0.29, 0.717) is 29.7 Å². The summed E-state index contributed by atoms with van der Waals surface area (Å²) in [5, 5.41) is 14.5. The van der Waals surface area contributed by atoms with Crippen molar-refractivity contribution in [2.75, 3.05) is 20.8 Å². The zero-order valence-electron chi connectivity index (χ0n) is 12.2. The summed E-state index contributed by atoms with van der Waals surface area (Å²) in [6, 6.07) is 3.67. The summed E-state index contributed by atoms with van der Waals surface area (Å²) < 4.78 is 15.2. The van der Waals surface area contributed by atoms with E-state index in [1.165, 1.54) is 0 Å². The lowest BCUT2D eigenvalue weighted by Gasteiger charge is -2.33. The maximum absolute atomic E-state index is 10.5. The van der Waals surface area contributed by atoms with Crippen molar-refractivity contribution in [1.82, 2.24) is 14.5 Å². The zero-order valence-corrected chi connectivity index (χ0v) is 13.8. The molecule has 3 rings (SSSR count). The summed E-state index contributed by atoms with van der Waals surface area (Å²) >= 11 is 7.23. The molecule has 2 aromatic rings. The van der Waals surface area contributed by atoms with Crippen LogP contribution in [0.2, 0.25) is 4.34 Å². The van der Waals surface area contributed by atoms with Gasteiger partial charge in [0.05, 0.1) is 20.3 Å². The summed E-state index contributed by atoms with van der Waals surface area (Å²) in [4.78, 5) is 2.07. The van der Waals surface area contributed by atoms with E-state index in [2.05, 4.69) is 14.5 Å². The lowest BCUT2D eigenvalue weighted by Crippen LogP contribution is -2.34. The van der Waals surface area contributed by atoms with Crippen LogP contribution in [0.25, 0.3) is 0 Å². The highest BCUT2D eigenvalue weighted by Gasteiger charge is 2.30. The largest absolute Gasteiger partial charge is 0.496 e. The Balaban J connectivity index is 1.92. The Bertz CT molecular complexity index is 679. The Kier molecular flexibility index (Phi) is 4.49. The van der Waals surface area contributed by atoms with Gasteiger partial charge in [-0.2, -0.15) is 0 Å². The van der Waals surface area contributed by atoms with Crippen molar-refractivity contribution in [2.24, 2.45) is 0 Å². The van der Waals surface area contributed by atoms with E-state index in [0.717, 1.165) is 34.1 Å². The lowest BCUT2D eigenvalue weighted by atomic mass is 9.95. The number of benzene rings is 1. The number of hydrogen-bond acceptors (Lipinski definition) is 7. The van der Waals surface area contributed by atoms with E-state index >= 15 is 0 Å². The third kappa shape index (κ3) is 2.77. The zero-order chi connectivity index (χ0) is 15.7. The summed E-state index contributed by atoms with van der Waals surface area (Å²) in [7, 11) is 3.22. The fourth-order valence-electron chi connectivity index (χ4n) is 2.77. The predicted octanol–water partition coefficient (Wildman–Crippen LogP) is 2.26. The molecule has 0 spiro atoms. The second-order valence-corrected chi connectivity index (χ2v) is 6.40. The minimum absolute atomic E-state index is 0.477. The molecule has 1 aliphatic rings. The Morgan fingerprint density at radius 1 is 1.36 bits per heavy atom. The van der Waals surface area contributed by atoms with Gasteiger partial charge in [-0.1, -0.05) is 16.1 Å². The molecule has 1 aromatic carbocycles. The average Bonchev–Trinajstić information content (AvgIpc) is 2.91. The van der Waals surface area contributed by atoms with Crippen molar-refractivity contribution < 1.29 is 14.6 Å². The van der Waals surface area contributed by atoms with E-state index in [9.17, 15) is 5.11 Å². The molecule has 1 N–H and O–H groups in total. The highest BCUT2D eigenvalue weighted by Crippen LogP contribution is 2.39. The van der Waals surface area contributed by atoms with Gasteiger partial charge in [0.1, 0.15) is 21.5 Å². The van der Waals surface area contributed by atoms with Crippen molar-refractivity contribution >= 4 is 23.1 Å². The molecule has 2 heterocycles. The third-order valence-corrected chi connectivity index (χ3v) is 4.73. The van der Waals surface area contributed by atoms with Crippen molar-refractivity contribution in [3.63, 3.8) is 0 Å². The number of rotatable bonds is 4. The van der Waals surface area contributed by atoms with E-state index in [-0.39, 0.29) is 0 Å². The molecule has 8 heteroatoms. The molecule has 1 aliphatic heterocycles. The van der Waals surface area contributed by atoms with Crippen LogP contribution < -0.4 is 9.47 Å². The summed E-state index contributed by atoms with van der Waals surface area (Å²) in [5.74, 6) is 1.42. The van der Waals surface area contributed by atoms with Crippen molar-refractivity contribution in [2.45, 2.75) is 19.2 Å². The van der Waals surface area contributed by atoms with Gasteiger partial charge in [-0.15, -0.1) is 5.10 Å². The second-order valence-electron chi connectivity index (χ2n) is 5.04. The first kappa shape index (κ1) is 15.5. The van der Waals surface area contributed by atoms with E-state index < -0.39 is 6.10 Å². The molecular weight excluding hydrogens is 326 g/mol. The Hall–Kier alpha value is -1.41. The van der Waals surface area contributed by atoms with Gasteiger partial charge < -0.3 is 14.6 Å².